The van der Waals surface area contributed by atoms with Gasteiger partial charge in [-0.15, -0.1) is 0 Å². The lowest BCUT2D eigenvalue weighted by Gasteiger charge is -2.13. The van der Waals surface area contributed by atoms with E-state index in [0.717, 1.165) is 11.1 Å². The number of carbonyl (C=O) groups is 1. The predicted octanol–water partition coefficient (Wildman–Crippen LogP) is 5.39. The van der Waals surface area contributed by atoms with Gasteiger partial charge in [-0.2, -0.15) is 0 Å². The van der Waals surface area contributed by atoms with E-state index in [0.29, 0.717) is 26.3 Å². The Balaban J connectivity index is 2.12. The molecule has 0 unspecified atom stereocenters. The van der Waals surface area contributed by atoms with E-state index in [1.165, 1.54) is 12.1 Å². The van der Waals surface area contributed by atoms with Crippen LogP contribution in [0.5, 0.6) is 0 Å². The molecule has 1 amide bonds. The molecule has 3 nitrogen and oxygen atoms in total. The Morgan fingerprint density at radius 2 is 1.65 bits per heavy atom. The van der Waals surface area contributed by atoms with Crippen LogP contribution in [0.3, 0.4) is 0 Å². The number of hydrogen-bond donors (Lipinski definition) is 2. The summed E-state index contributed by atoms with van der Waals surface area (Å²) in [6, 6.07) is 8.62. The normalized spacial score (nSPS) is 10.3. The molecule has 0 aliphatic carbocycles. The second-order valence-electron chi connectivity index (χ2n) is 4.97. The van der Waals surface area contributed by atoms with E-state index < -0.39 is 0 Å². The van der Waals surface area contributed by atoms with Crippen molar-refractivity contribution in [2.24, 2.45) is 0 Å². The van der Waals surface area contributed by atoms with Gasteiger partial charge < -0.3 is 5.32 Å². The lowest BCUT2D eigenvalue weighted by atomic mass is 10.1. The van der Waals surface area contributed by atoms with Gasteiger partial charge in [-0.3, -0.25) is 10.1 Å². The minimum absolute atomic E-state index is 0.0982. The van der Waals surface area contributed by atoms with Crippen LogP contribution in [0.15, 0.2) is 30.3 Å². The fourth-order valence-electron chi connectivity index (χ4n) is 2.05. The average Bonchev–Trinajstić information content (AvgIpc) is 2.42. The van der Waals surface area contributed by atoms with Crippen LogP contribution in [0.4, 0.5) is 5.69 Å². The fraction of sp³-hybridized carbons (Fsp3) is 0.125. The lowest BCUT2D eigenvalue weighted by Crippen LogP contribution is -2.34. The Labute approximate surface area is 154 Å². The highest BCUT2D eigenvalue weighted by Gasteiger charge is 2.13. The number of nitrogens with one attached hydrogen (secondary N) is 2. The number of anilines is 1. The number of carbonyl (C=O) groups excluding carboxylic acids is 1. The van der Waals surface area contributed by atoms with Gasteiger partial charge in [0, 0.05) is 10.6 Å². The monoisotopic (exact) mass is 386 g/mol. The topological polar surface area (TPSA) is 41.1 Å². The number of thiocarbonyl (C=S) groups is 1. The van der Waals surface area contributed by atoms with E-state index >= 15 is 0 Å². The molecule has 2 N–H and O–H groups in total. The number of hydrogen-bond acceptors (Lipinski definition) is 2. The van der Waals surface area contributed by atoms with Crippen LogP contribution in [0, 0.1) is 13.8 Å². The summed E-state index contributed by atoms with van der Waals surface area (Å²) in [6.07, 6.45) is 0. The number of benzene rings is 2. The summed E-state index contributed by atoms with van der Waals surface area (Å²) in [4.78, 5) is 12.3. The molecule has 2 aromatic rings. The van der Waals surface area contributed by atoms with Crippen LogP contribution in [-0.4, -0.2) is 11.0 Å². The van der Waals surface area contributed by atoms with Crippen molar-refractivity contribution in [2.75, 3.05) is 5.32 Å². The third-order valence-electron chi connectivity index (χ3n) is 3.10. The zero-order valence-electron chi connectivity index (χ0n) is 12.3. The number of halogens is 3. The lowest BCUT2D eigenvalue weighted by molar-refractivity contribution is 0.0977. The quantitative estimate of drug-likeness (QED) is 0.679. The molecule has 0 radical (unpaired) electrons. The van der Waals surface area contributed by atoms with Crippen LogP contribution in [0.1, 0.15) is 21.5 Å². The van der Waals surface area contributed by atoms with E-state index in [1.54, 1.807) is 6.07 Å². The third kappa shape index (κ3) is 4.58. The average molecular weight is 388 g/mol. The number of aryl methyl sites for hydroxylation is 2. The molecule has 0 heterocycles. The second-order valence-corrected chi connectivity index (χ2v) is 6.63. The van der Waals surface area contributed by atoms with E-state index in [-0.39, 0.29) is 11.0 Å². The first-order valence-electron chi connectivity index (χ1n) is 6.62. The third-order valence-corrected chi connectivity index (χ3v) is 4.12. The van der Waals surface area contributed by atoms with Gasteiger partial charge in [-0.25, -0.2) is 0 Å². The molecule has 120 valence electrons. The number of rotatable bonds is 2. The zero-order chi connectivity index (χ0) is 17.1. The minimum Gasteiger partial charge on any atom is -0.330 e. The van der Waals surface area contributed by atoms with Gasteiger partial charge in [0.1, 0.15) is 0 Å². The summed E-state index contributed by atoms with van der Waals surface area (Å²) in [5.41, 5.74) is 2.89. The van der Waals surface area contributed by atoms with Gasteiger partial charge >= 0.3 is 0 Å². The standard InChI is InChI=1S/C16H13Cl3N2OS/c1-8-3-4-11(9(2)5-8)15(22)21-16(23)20-14-12(18)6-10(17)7-13(14)19/h3-7H,1-2H3,(H2,20,21,22,23). The molecular formula is C16H13Cl3N2OS. The maximum atomic E-state index is 12.3. The number of amides is 1. The summed E-state index contributed by atoms with van der Waals surface area (Å²) in [5.74, 6) is -0.304. The molecule has 0 aliphatic heterocycles. The summed E-state index contributed by atoms with van der Waals surface area (Å²) in [5, 5.41) is 6.55. The molecule has 0 saturated heterocycles. The molecule has 0 spiro atoms. The summed E-state index contributed by atoms with van der Waals surface area (Å²) < 4.78 is 0. The minimum atomic E-state index is -0.304. The Kier molecular flexibility index (Phi) is 5.87. The largest absolute Gasteiger partial charge is 0.330 e. The molecule has 0 aliphatic rings. The van der Waals surface area contributed by atoms with Crippen molar-refractivity contribution in [1.29, 1.82) is 0 Å². The molecule has 0 atom stereocenters. The highest BCUT2D eigenvalue weighted by atomic mass is 35.5. The molecule has 0 fully saturated rings. The van der Waals surface area contributed by atoms with Crippen LogP contribution in [0.2, 0.25) is 15.1 Å². The molecule has 0 aromatic heterocycles. The molecule has 0 bridgehead atoms. The van der Waals surface area contributed by atoms with Crippen LogP contribution in [-0.2, 0) is 0 Å². The van der Waals surface area contributed by atoms with E-state index in [1.807, 2.05) is 26.0 Å². The van der Waals surface area contributed by atoms with Crippen LogP contribution in [0.25, 0.3) is 0 Å². The first-order chi connectivity index (χ1) is 10.8. The molecule has 23 heavy (non-hydrogen) atoms. The zero-order valence-corrected chi connectivity index (χ0v) is 15.4. The van der Waals surface area contributed by atoms with Crippen LogP contribution >= 0.6 is 47.0 Å². The molecule has 2 rings (SSSR count). The maximum Gasteiger partial charge on any atom is 0.257 e. The Morgan fingerprint density at radius 3 is 2.22 bits per heavy atom. The van der Waals surface area contributed by atoms with Crippen molar-refractivity contribution in [2.45, 2.75) is 13.8 Å². The van der Waals surface area contributed by atoms with Crippen molar-refractivity contribution < 1.29 is 4.79 Å². The van der Waals surface area contributed by atoms with E-state index in [9.17, 15) is 4.79 Å². The summed E-state index contributed by atoms with van der Waals surface area (Å²) in [6.45, 7) is 3.83. The smallest absolute Gasteiger partial charge is 0.257 e. The van der Waals surface area contributed by atoms with E-state index in [2.05, 4.69) is 10.6 Å². The van der Waals surface area contributed by atoms with E-state index in [4.69, 9.17) is 47.0 Å². The van der Waals surface area contributed by atoms with Crippen molar-refractivity contribution in [1.82, 2.24) is 5.32 Å². The predicted molar refractivity (Wildman–Crippen MR) is 101 cm³/mol. The van der Waals surface area contributed by atoms with Gasteiger partial charge in [0.2, 0.25) is 0 Å². The van der Waals surface area contributed by atoms with Crippen molar-refractivity contribution in [3.63, 3.8) is 0 Å². The van der Waals surface area contributed by atoms with Crippen molar-refractivity contribution >= 4 is 63.7 Å². The highest BCUT2D eigenvalue weighted by molar-refractivity contribution is 7.80. The van der Waals surface area contributed by atoms with Crippen LogP contribution < -0.4 is 10.6 Å². The van der Waals surface area contributed by atoms with Crippen molar-refractivity contribution in [3.8, 4) is 0 Å². The Bertz CT molecular complexity index is 770. The molecule has 0 saturated carbocycles. The van der Waals surface area contributed by atoms with Gasteiger partial charge in [-0.05, 0) is 49.8 Å². The Hall–Kier alpha value is -1.33. The second kappa shape index (κ2) is 7.49. The summed E-state index contributed by atoms with van der Waals surface area (Å²) in [7, 11) is 0. The Morgan fingerprint density at radius 1 is 1.04 bits per heavy atom. The first kappa shape index (κ1) is 18.0. The highest BCUT2D eigenvalue weighted by Crippen LogP contribution is 2.33. The van der Waals surface area contributed by atoms with Gasteiger partial charge in [0.05, 0.1) is 15.7 Å². The maximum absolute atomic E-state index is 12.3. The van der Waals surface area contributed by atoms with Gasteiger partial charge in [-0.1, -0.05) is 52.5 Å². The first-order valence-corrected chi connectivity index (χ1v) is 8.16. The molecular weight excluding hydrogens is 375 g/mol. The van der Waals surface area contributed by atoms with Gasteiger partial charge in [0.15, 0.2) is 5.11 Å². The fourth-order valence-corrected chi connectivity index (χ4v) is 3.15. The van der Waals surface area contributed by atoms with Crippen molar-refractivity contribution in [3.05, 3.63) is 62.1 Å². The molecule has 7 heteroatoms. The SMILES string of the molecule is Cc1ccc(C(=O)NC(=S)Nc2c(Cl)cc(Cl)cc2Cl)c(C)c1. The summed E-state index contributed by atoms with van der Waals surface area (Å²) >= 11 is 23.1. The van der Waals surface area contributed by atoms with Gasteiger partial charge in [0.25, 0.3) is 5.91 Å². The molecule has 2 aromatic carbocycles.